The molecular formula is C13H19FN2O4S. The average Bonchev–Trinajstić information content (AvgIpc) is 2.44. The molecule has 0 amide bonds. The highest BCUT2D eigenvalue weighted by Gasteiger charge is 2.19. The molecule has 0 aromatic heterocycles. The van der Waals surface area contributed by atoms with E-state index in [4.69, 9.17) is 5.11 Å². The number of hydrogen-bond acceptors (Lipinski definition) is 4. The lowest BCUT2D eigenvalue weighted by Crippen LogP contribution is -2.29. The number of aliphatic carboxylic acids is 1. The van der Waals surface area contributed by atoms with Gasteiger partial charge in [0.25, 0.3) is 0 Å². The number of rotatable bonds is 8. The number of unbranched alkanes of at least 4 members (excludes halogenated alkanes) is 1. The molecule has 0 spiro atoms. The van der Waals surface area contributed by atoms with Crippen molar-refractivity contribution in [2.45, 2.75) is 37.1 Å². The zero-order valence-electron chi connectivity index (χ0n) is 11.9. The monoisotopic (exact) mass is 318 g/mol. The number of nitrogens with one attached hydrogen (secondary N) is 2. The Morgan fingerprint density at radius 2 is 2.10 bits per heavy atom. The van der Waals surface area contributed by atoms with E-state index in [0.29, 0.717) is 12.8 Å². The van der Waals surface area contributed by atoms with Crippen molar-refractivity contribution in [2.24, 2.45) is 0 Å². The molecule has 0 unspecified atom stereocenters. The van der Waals surface area contributed by atoms with Gasteiger partial charge < -0.3 is 10.4 Å². The third-order valence-corrected chi connectivity index (χ3v) is 4.41. The summed E-state index contributed by atoms with van der Waals surface area (Å²) >= 11 is 0. The molecule has 0 saturated heterocycles. The van der Waals surface area contributed by atoms with Gasteiger partial charge in [0.05, 0.1) is 10.6 Å². The molecule has 6 nitrogen and oxygen atoms in total. The molecule has 0 heterocycles. The van der Waals surface area contributed by atoms with E-state index >= 15 is 0 Å². The van der Waals surface area contributed by atoms with Gasteiger partial charge in [-0.3, -0.25) is 0 Å². The fraction of sp³-hybridized carbons (Fsp3) is 0.462. The van der Waals surface area contributed by atoms with Crippen LogP contribution in [0, 0.1) is 5.82 Å². The van der Waals surface area contributed by atoms with Crippen LogP contribution < -0.4 is 10.0 Å². The molecular weight excluding hydrogens is 299 g/mol. The number of benzene rings is 1. The Hall–Kier alpha value is -1.67. The molecule has 118 valence electrons. The number of hydrogen-bond donors (Lipinski definition) is 3. The summed E-state index contributed by atoms with van der Waals surface area (Å²) in [4.78, 5) is 10.9. The molecule has 3 N–H and O–H groups in total. The summed E-state index contributed by atoms with van der Waals surface area (Å²) in [7, 11) is -2.50. The second-order valence-electron chi connectivity index (χ2n) is 4.53. The summed E-state index contributed by atoms with van der Waals surface area (Å²) in [6, 6.07) is 2.39. The largest absolute Gasteiger partial charge is 0.480 e. The molecule has 1 aromatic rings. The van der Waals surface area contributed by atoms with Crippen LogP contribution in [0.2, 0.25) is 0 Å². The predicted molar refractivity (Wildman–Crippen MR) is 77.2 cm³/mol. The van der Waals surface area contributed by atoms with Gasteiger partial charge >= 0.3 is 5.97 Å². The third kappa shape index (κ3) is 4.68. The number of carboxylic acids is 1. The van der Waals surface area contributed by atoms with Crippen molar-refractivity contribution < 1.29 is 22.7 Å². The highest BCUT2D eigenvalue weighted by Crippen LogP contribution is 2.20. The van der Waals surface area contributed by atoms with Gasteiger partial charge in [0, 0.05) is 0 Å². The molecule has 0 aliphatic carbocycles. The van der Waals surface area contributed by atoms with Gasteiger partial charge in [-0.1, -0.05) is 19.8 Å². The Balaban J connectivity index is 2.97. The molecule has 21 heavy (non-hydrogen) atoms. The van der Waals surface area contributed by atoms with Crippen molar-refractivity contribution in [3.8, 4) is 0 Å². The maximum absolute atomic E-state index is 13.9. The molecule has 0 aliphatic rings. The minimum atomic E-state index is -3.73. The van der Waals surface area contributed by atoms with Crippen molar-refractivity contribution in [1.82, 2.24) is 4.72 Å². The first-order valence-electron chi connectivity index (χ1n) is 6.54. The fourth-order valence-corrected chi connectivity index (χ4v) is 2.49. The van der Waals surface area contributed by atoms with E-state index in [1.807, 2.05) is 6.92 Å². The minimum absolute atomic E-state index is 0.0337. The van der Waals surface area contributed by atoms with Crippen LogP contribution in [0.3, 0.4) is 0 Å². The molecule has 1 atom stereocenters. The molecule has 0 saturated carbocycles. The molecule has 8 heteroatoms. The summed E-state index contributed by atoms with van der Waals surface area (Å²) in [5.41, 5.74) is -0.0337. The molecule has 0 aliphatic heterocycles. The van der Waals surface area contributed by atoms with Gasteiger partial charge in [-0.15, -0.1) is 0 Å². The lowest BCUT2D eigenvalue weighted by Gasteiger charge is -2.16. The van der Waals surface area contributed by atoms with E-state index in [0.717, 1.165) is 12.5 Å². The van der Waals surface area contributed by atoms with Crippen molar-refractivity contribution in [1.29, 1.82) is 0 Å². The first-order valence-corrected chi connectivity index (χ1v) is 8.02. The van der Waals surface area contributed by atoms with Crippen LogP contribution in [0.1, 0.15) is 26.2 Å². The van der Waals surface area contributed by atoms with Crippen LogP contribution in [0.15, 0.2) is 23.1 Å². The van der Waals surface area contributed by atoms with Gasteiger partial charge in [-0.2, -0.15) is 0 Å². The SMILES string of the molecule is CCCC[C@H](Nc1ccc(S(=O)(=O)NC)cc1F)C(=O)O. The number of anilines is 1. The van der Waals surface area contributed by atoms with Gasteiger partial charge in [0.2, 0.25) is 10.0 Å². The zero-order chi connectivity index (χ0) is 16.0. The van der Waals surface area contributed by atoms with E-state index in [9.17, 15) is 17.6 Å². The highest BCUT2D eigenvalue weighted by molar-refractivity contribution is 7.89. The molecule has 0 bridgehead atoms. The van der Waals surface area contributed by atoms with Crippen LogP contribution in [0.4, 0.5) is 10.1 Å². The van der Waals surface area contributed by atoms with Gasteiger partial charge in [0.15, 0.2) is 0 Å². The van der Waals surface area contributed by atoms with Crippen molar-refractivity contribution in [3.63, 3.8) is 0 Å². The molecule has 0 radical (unpaired) electrons. The van der Waals surface area contributed by atoms with Crippen LogP contribution >= 0.6 is 0 Å². The zero-order valence-corrected chi connectivity index (χ0v) is 12.7. The third-order valence-electron chi connectivity index (χ3n) is 2.99. The molecule has 1 rings (SSSR count). The van der Waals surface area contributed by atoms with Crippen LogP contribution in [-0.2, 0) is 14.8 Å². The van der Waals surface area contributed by atoms with Gasteiger partial charge in [-0.05, 0) is 31.7 Å². The normalized spacial score (nSPS) is 12.9. The number of carboxylic acid groups (broad SMARTS) is 1. The summed E-state index contributed by atoms with van der Waals surface area (Å²) in [5, 5.41) is 11.7. The maximum Gasteiger partial charge on any atom is 0.326 e. The Bertz CT molecular complexity index is 604. The van der Waals surface area contributed by atoms with Crippen LogP contribution in [-0.4, -0.2) is 32.6 Å². The van der Waals surface area contributed by atoms with Crippen molar-refractivity contribution in [3.05, 3.63) is 24.0 Å². The van der Waals surface area contributed by atoms with E-state index < -0.39 is 27.9 Å². The first kappa shape index (κ1) is 17.4. The standard InChI is InChI=1S/C13H19FN2O4S/c1-3-4-5-12(13(17)18)16-11-7-6-9(8-10(11)14)21(19,20)15-2/h6-8,12,15-16H,3-5H2,1-2H3,(H,17,18)/t12-/m0/s1. The van der Waals surface area contributed by atoms with E-state index in [-0.39, 0.29) is 10.6 Å². The number of halogens is 1. The summed E-state index contributed by atoms with van der Waals surface area (Å²) in [5.74, 6) is -1.89. The van der Waals surface area contributed by atoms with Crippen molar-refractivity contribution >= 4 is 21.7 Å². The topological polar surface area (TPSA) is 95.5 Å². The smallest absolute Gasteiger partial charge is 0.326 e. The summed E-state index contributed by atoms with van der Waals surface area (Å²) in [6.45, 7) is 1.93. The second-order valence-corrected chi connectivity index (χ2v) is 6.41. The maximum atomic E-state index is 13.9. The lowest BCUT2D eigenvalue weighted by atomic mass is 10.1. The number of carbonyl (C=O) groups is 1. The first-order chi connectivity index (χ1) is 9.81. The van der Waals surface area contributed by atoms with Crippen LogP contribution in [0.25, 0.3) is 0 Å². The highest BCUT2D eigenvalue weighted by atomic mass is 32.2. The minimum Gasteiger partial charge on any atom is -0.480 e. The average molecular weight is 318 g/mol. The van der Waals surface area contributed by atoms with E-state index in [1.165, 1.54) is 19.2 Å². The summed E-state index contributed by atoms with van der Waals surface area (Å²) in [6.07, 6.45) is 1.88. The number of sulfonamides is 1. The van der Waals surface area contributed by atoms with Crippen molar-refractivity contribution in [2.75, 3.05) is 12.4 Å². The van der Waals surface area contributed by atoms with E-state index in [2.05, 4.69) is 10.0 Å². The Kier molecular flexibility index (Phi) is 6.10. The van der Waals surface area contributed by atoms with Crippen LogP contribution in [0.5, 0.6) is 0 Å². The predicted octanol–water partition coefficient (Wildman–Crippen LogP) is 1.79. The van der Waals surface area contributed by atoms with Gasteiger partial charge in [0.1, 0.15) is 11.9 Å². The Morgan fingerprint density at radius 1 is 1.43 bits per heavy atom. The fourth-order valence-electron chi connectivity index (χ4n) is 1.75. The van der Waals surface area contributed by atoms with E-state index in [1.54, 1.807) is 0 Å². The second kappa shape index (κ2) is 7.37. The lowest BCUT2D eigenvalue weighted by molar-refractivity contribution is -0.138. The molecule has 0 fully saturated rings. The van der Waals surface area contributed by atoms with Gasteiger partial charge in [-0.25, -0.2) is 22.3 Å². The summed E-state index contributed by atoms with van der Waals surface area (Å²) < 4.78 is 39.1. The molecule has 1 aromatic carbocycles. The Morgan fingerprint density at radius 3 is 2.57 bits per heavy atom. The quantitative estimate of drug-likeness (QED) is 0.679. The Labute approximate surface area is 123 Å².